The van der Waals surface area contributed by atoms with Gasteiger partial charge in [0.1, 0.15) is 0 Å². The van der Waals surface area contributed by atoms with E-state index in [2.05, 4.69) is 32.6 Å². The van der Waals surface area contributed by atoms with Crippen LogP contribution in [0.15, 0.2) is 0 Å². The van der Waals surface area contributed by atoms with Crippen molar-refractivity contribution in [2.45, 2.75) is 52.5 Å². The lowest BCUT2D eigenvalue weighted by atomic mass is 9.75. The molecule has 1 aromatic heterocycles. The predicted molar refractivity (Wildman–Crippen MR) is 76.0 cm³/mol. The zero-order chi connectivity index (χ0) is 12.5. The van der Waals surface area contributed by atoms with E-state index in [0.29, 0.717) is 5.41 Å². The molecule has 0 spiro atoms. The SMILES string of the molecule is Cc1nn(CC2(CBr)CCCCC2)c(C)c1Cl. The maximum absolute atomic E-state index is 6.21. The van der Waals surface area contributed by atoms with Crippen molar-refractivity contribution in [2.24, 2.45) is 5.41 Å². The minimum atomic E-state index is 0.380. The van der Waals surface area contributed by atoms with E-state index in [9.17, 15) is 0 Å². The van der Waals surface area contributed by atoms with Crippen LogP contribution in [0.3, 0.4) is 0 Å². The van der Waals surface area contributed by atoms with Crippen molar-refractivity contribution < 1.29 is 0 Å². The number of hydrogen-bond acceptors (Lipinski definition) is 1. The molecule has 0 amide bonds. The fourth-order valence-corrected chi connectivity index (χ4v) is 3.66. The highest BCUT2D eigenvalue weighted by Gasteiger charge is 2.32. The van der Waals surface area contributed by atoms with Gasteiger partial charge < -0.3 is 0 Å². The van der Waals surface area contributed by atoms with E-state index in [0.717, 1.165) is 28.3 Å². The van der Waals surface area contributed by atoms with Gasteiger partial charge in [-0.15, -0.1) is 0 Å². The summed E-state index contributed by atoms with van der Waals surface area (Å²) in [5.41, 5.74) is 2.44. The average molecular weight is 320 g/mol. The van der Waals surface area contributed by atoms with Gasteiger partial charge in [0.05, 0.1) is 16.4 Å². The molecule has 96 valence electrons. The third-order valence-electron chi connectivity index (χ3n) is 3.98. The molecular weight excluding hydrogens is 300 g/mol. The van der Waals surface area contributed by atoms with E-state index in [-0.39, 0.29) is 0 Å². The quantitative estimate of drug-likeness (QED) is 0.750. The normalized spacial score (nSPS) is 19.5. The minimum Gasteiger partial charge on any atom is -0.267 e. The minimum absolute atomic E-state index is 0.380. The molecule has 0 N–H and O–H groups in total. The lowest BCUT2D eigenvalue weighted by Gasteiger charge is -2.36. The van der Waals surface area contributed by atoms with Crippen molar-refractivity contribution >= 4 is 27.5 Å². The monoisotopic (exact) mass is 318 g/mol. The number of rotatable bonds is 3. The van der Waals surface area contributed by atoms with Crippen molar-refractivity contribution in [3.63, 3.8) is 0 Å². The molecule has 1 fully saturated rings. The van der Waals surface area contributed by atoms with Gasteiger partial charge in [-0.2, -0.15) is 5.10 Å². The predicted octanol–water partition coefficient (Wildman–Crippen LogP) is 4.50. The van der Waals surface area contributed by atoms with Gasteiger partial charge in [0.15, 0.2) is 0 Å². The molecule has 4 heteroatoms. The molecule has 0 aliphatic heterocycles. The van der Waals surface area contributed by atoms with Gasteiger partial charge in [-0.05, 0) is 32.1 Å². The van der Waals surface area contributed by atoms with Crippen molar-refractivity contribution in [3.8, 4) is 0 Å². The molecule has 0 atom stereocenters. The Hall–Kier alpha value is -0.0200. The summed E-state index contributed by atoms with van der Waals surface area (Å²) in [5.74, 6) is 0. The topological polar surface area (TPSA) is 17.8 Å². The van der Waals surface area contributed by atoms with E-state index in [1.807, 2.05) is 6.92 Å². The third kappa shape index (κ3) is 2.70. The molecule has 2 rings (SSSR count). The first-order valence-electron chi connectivity index (χ1n) is 6.33. The molecule has 0 radical (unpaired) electrons. The highest BCUT2D eigenvalue weighted by molar-refractivity contribution is 9.09. The second-order valence-corrected chi connectivity index (χ2v) is 6.28. The van der Waals surface area contributed by atoms with Gasteiger partial charge in [-0.25, -0.2) is 0 Å². The van der Waals surface area contributed by atoms with Gasteiger partial charge >= 0.3 is 0 Å². The molecule has 2 nitrogen and oxygen atoms in total. The van der Waals surface area contributed by atoms with Gasteiger partial charge in [0, 0.05) is 11.9 Å². The van der Waals surface area contributed by atoms with Crippen LogP contribution in [0.5, 0.6) is 0 Å². The van der Waals surface area contributed by atoms with Gasteiger partial charge in [0.25, 0.3) is 0 Å². The molecule has 1 aromatic rings. The Morgan fingerprint density at radius 3 is 2.41 bits per heavy atom. The molecule has 1 saturated carbocycles. The van der Waals surface area contributed by atoms with Crippen LogP contribution in [0.4, 0.5) is 0 Å². The highest BCUT2D eigenvalue weighted by Crippen LogP contribution is 2.39. The zero-order valence-corrected chi connectivity index (χ0v) is 12.9. The molecule has 1 heterocycles. The molecule has 0 unspecified atom stereocenters. The van der Waals surface area contributed by atoms with E-state index in [1.54, 1.807) is 0 Å². The van der Waals surface area contributed by atoms with Gasteiger partial charge in [0.2, 0.25) is 0 Å². The summed E-state index contributed by atoms with van der Waals surface area (Å²) in [6.45, 7) is 5.04. The van der Waals surface area contributed by atoms with Crippen LogP contribution < -0.4 is 0 Å². The number of aryl methyl sites for hydroxylation is 1. The smallest absolute Gasteiger partial charge is 0.0844 e. The standard InChI is InChI=1S/C13H20BrClN2/c1-10-12(15)11(2)17(16-10)9-13(8-14)6-4-3-5-7-13/h3-9H2,1-2H3. The fourth-order valence-electron chi connectivity index (χ4n) is 2.78. The number of halogens is 2. The average Bonchev–Trinajstić information content (AvgIpc) is 2.58. The van der Waals surface area contributed by atoms with Crippen molar-refractivity contribution in [2.75, 3.05) is 5.33 Å². The Morgan fingerprint density at radius 1 is 1.29 bits per heavy atom. The molecule has 1 aliphatic rings. The van der Waals surface area contributed by atoms with Crippen LogP contribution in [0.2, 0.25) is 5.02 Å². The first-order chi connectivity index (χ1) is 8.08. The van der Waals surface area contributed by atoms with Gasteiger partial charge in [-0.1, -0.05) is 46.8 Å². The zero-order valence-electron chi connectivity index (χ0n) is 10.6. The second-order valence-electron chi connectivity index (χ2n) is 5.34. The second kappa shape index (κ2) is 5.31. The van der Waals surface area contributed by atoms with E-state index in [1.165, 1.54) is 32.1 Å². The summed E-state index contributed by atoms with van der Waals surface area (Å²) in [6.07, 6.45) is 6.67. The molecule has 0 aromatic carbocycles. The molecule has 0 bridgehead atoms. The molecule has 1 aliphatic carbocycles. The summed E-state index contributed by atoms with van der Waals surface area (Å²) in [5, 5.41) is 6.45. The largest absolute Gasteiger partial charge is 0.267 e. The van der Waals surface area contributed by atoms with Crippen LogP contribution >= 0.6 is 27.5 Å². The summed E-state index contributed by atoms with van der Waals surface area (Å²) in [4.78, 5) is 0. The Morgan fingerprint density at radius 2 is 1.94 bits per heavy atom. The molecular formula is C13H20BrClN2. The summed E-state index contributed by atoms with van der Waals surface area (Å²) < 4.78 is 2.10. The van der Waals surface area contributed by atoms with E-state index < -0.39 is 0 Å². The highest BCUT2D eigenvalue weighted by atomic mass is 79.9. The van der Waals surface area contributed by atoms with Crippen molar-refractivity contribution in [1.82, 2.24) is 9.78 Å². The van der Waals surface area contributed by atoms with Crippen molar-refractivity contribution in [3.05, 3.63) is 16.4 Å². The van der Waals surface area contributed by atoms with Crippen LogP contribution in [-0.2, 0) is 6.54 Å². The van der Waals surface area contributed by atoms with Crippen LogP contribution in [-0.4, -0.2) is 15.1 Å². The maximum atomic E-state index is 6.21. The van der Waals surface area contributed by atoms with Crippen LogP contribution in [0.25, 0.3) is 0 Å². The fraction of sp³-hybridized carbons (Fsp3) is 0.769. The lowest BCUT2D eigenvalue weighted by molar-refractivity contribution is 0.182. The summed E-state index contributed by atoms with van der Waals surface area (Å²) in [6, 6.07) is 0. The Kier molecular flexibility index (Phi) is 4.19. The van der Waals surface area contributed by atoms with E-state index in [4.69, 9.17) is 11.6 Å². The van der Waals surface area contributed by atoms with Crippen LogP contribution in [0.1, 0.15) is 43.5 Å². The van der Waals surface area contributed by atoms with Gasteiger partial charge in [-0.3, -0.25) is 4.68 Å². The molecule has 0 saturated heterocycles. The number of alkyl halides is 1. The third-order valence-corrected chi connectivity index (χ3v) is 5.71. The molecule has 17 heavy (non-hydrogen) atoms. The number of nitrogens with zero attached hydrogens (tertiary/aromatic N) is 2. The summed E-state index contributed by atoms with van der Waals surface area (Å²) in [7, 11) is 0. The maximum Gasteiger partial charge on any atom is 0.0844 e. The van der Waals surface area contributed by atoms with E-state index >= 15 is 0 Å². The van der Waals surface area contributed by atoms with Crippen molar-refractivity contribution in [1.29, 1.82) is 0 Å². The Bertz CT molecular complexity index is 394. The Labute approximate surface area is 117 Å². The number of hydrogen-bond donors (Lipinski definition) is 0. The first kappa shape index (κ1) is 13.4. The first-order valence-corrected chi connectivity index (χ1v) is 7.83. The number of aromatic nitrogens is 2. The Balaban J connectivity index is 2.20. The summed E-state index contributed by atoms with van der Waals surface area (Å²) >= 11 is 9.91. The lowest BCUT2D eigenvalue weighted by Crippen LogP contribution is -2.32. The van der Waals surface area contributed by atoms with Crippen LogP contribution in [0, 0.1) is 19.3 Å².